The first kappa shape index (κ1) is 31.8. The van der Waals surface area contributed by atoms with Gasteiger partial charge in [-0.05, 0) is 43.5 Å². The van der Waals surface area contributed by atoms with Gasteiger partial charge in [0.05, 0.1) is 25.0 Å². The van der Waals surface area contributed by atoms with Gasteiger partial charge in [-0.25, -0.2) is 23.9 Å². The number of carboxylic acids is 1. The lowest BCUT2D eigenvalue weighted by atomic mass is 10.1. The van der Waals surface area contributed by atoms with Gasteiger partial charge in [0, 0.05) is 24.2 Å². The number of aromatic amines is 1. The number of hydrogen-bond acceptors (Lipinski definition) is 12. The maximum atomic E-state index is 12.6. The summed E-state index contributed by atoms with van der Waals surface area (Å²) in [6.45, 7) is 0.760. The van der Waals surface area contributed by atoms with E-state index >= 15 is 0 Å². The molecular formula is C25H31N8O8P. The quantitative estimate of drug-likeness (QED) is 0.0951. The van der Waals surface area contributed by atoms with E-state index in [9.17, 15) is 33.4 Å². The summed E-state index contributed by atoms with van der Waals surface area (Å²) in [4.78, 5) is 63.0. The van der Waals surface area contributed by atoms with Crippen molar-refractivity contribution in [2.75, 3.05) is 24.2 Å². The molecule has 7 N–H and O–H groups in total. The summed E-state index contributed by atoms with van der Waals surface area (Å²) >= 11 is 0. The Kier molecular flexibility index (Phi) is 12.1. The van der Waals surface area contributed by atoms with Gasteiger partial charge in [0.1, 0.15) is 6.04 Å². The number of aromatic nitrogens is 4. The van der Waals surface area contributed by atoms with Crippen molar-refractivity contribution in [3.8, 4) is 0 Å². The number of benzene rings is 1. The molecule has 0 bridgehead atoms. The Morgan fingerprint density at radius 1 is 1.07 bits per heavy atom. The van der Waals surface area contributed by atoms with Crippen molar-refractivity contribution in [1.29, 1.82) is 0 Å². The minimum atomic E-state index is -2.83. The number of nitrogens with one attached hydrogen (secondary N) is 4. The second-order valence-corrected chi connectivity index (χ2v) is 9.84. The zero-order valence-electron chi connectivity index (χ0n) is 22.5. The minimum absolute atomic E-state index is 0.0537. The number of H-pyrrole nitrogens is 1. The highest BCUT2D eigenvalue weighted by Crippen LogP contribution is 2.13. The molecule has 1 aromatic carbocycles. The van der Waals surface area contributed by atoms with E-state index in [1.165, 1.54) is 18.3 Å². The van der Waals surface area contributed by atoms with Gasteiger partial charge < -0.3 is 26.8 Å². The number of amides is 2. The van der Waals surface area contributed by atoms with E-state index in [0.717, 1.165) is 12.8 Å². The van der Waals surface area contributed by atoms with Gasteiger partial charge in [0.15, 0.2) is 11.2 Å². The summed E-state index contributed by atoms with van der Waals surface area (Å²) in [5, 5.41) is 17.7. The maximum Gasteiger partial charge on any atom is 0.468 e. The number of unbranched alkanes of at least 4 members (excludes halogenated alkanes) is 3. The highest BCUT2D eigenvalue weighted by molar-refractivity contribution is 7.24. The van der Waals surface area contributed by atoms with Crippen LogP contribution in [-0.2, 0) is 29.8 Å². The number of carboxylic acid groups (broad SMARTS) is 1. The number of fused-ring (bicyclic) bond motifs is 1. The highest BCUT2D eigenvalue weighted by atomic mass is 31.1. The number of carbonyl (C=O) groups excluding carboxylic acids is 2. The Labute approximate surface area is 239 Å². The summed E-state index contributed by atoms with van der Waals surface area (Å²) in [7, 11) is -2.83. The first-order chi connectivity index (χ1) is 20.1. The summed E-state index contributed by atoms with van der Waals surface area (Å²) in [6.07, 6.45) is 4.08. The molecule has 2 heterocycles. The molecule has 1 atom stereocenters. The lowest BCUT2D eigenvalue weighted by Crippen LogP contribution is -2.41. The third-order valence-corrected chi connectivity index (χ3v) is 6.35. The van der Waals surface area contributed by atoms with Crippen LogP contribution < -0.4 is 27.2 Å². The SMILES string of the molecule is Nc1nc2ncc(CNc3ccc(C(=O)N[C@@H](CCC(=O)NCCCCCCOP(=O)=O)C(=O)O)cc3)nc2c(=O)[nH]1. The van der Waals surface area contributed by atoms with Gasteiger partial charge in [0.25, 0.3) is 11.5 Å². The zero-order valence-corrected chi connectivity index (χ0v) is 23.4. The van der Waals surface area contributed by atoms with Gasteiger partial charge in [-0.1, -0.05) is 12.8 Å². The first-order valence-corrected chi connectivity index (χ1v) is 14.1. The van der Waals surface area contributed by atoms with E-state index in [4.69, 9.17) is 5.73 Å². The largest absolute Gasteiger partial charge is 0.480 e. The van der Waals surface area contributed by atoms with Crippen LogP contribution in [0.25, 0.3) is 11.2 Å². The van der Waals surface area contributed by atoms with E-state index in [1.807, 2.05) is 0 Å². The van der Waals surface area contributed by atoms with Crippen LogP contribution in [0, 0.1) is 0 Å². The van der Waals surface area contributed by atoms with Crippen molar-refractivity contribution < 1.29 is 33.1 Å². The molecule has 224 valence electrons. The van der Waals surface area contributed by atoms with Crippen LogP contribution in [0.3, 0.4) is 0 Å². The number of nitrogens with zero attached hydrogens (tertiary/aromatic N) is 3. The smallest absolute Gasteiger partial charge is 0.468 e. The summed E-state index contributed by atoms with van der Waals surface area (Å²) in [6, 6.07) is 5.02. The summed E-state index contributed by atoms with van der Waals surface area (Å²) in [5.74, 6) is -2.26. The maximum absolute atomic E-state index is 12.6. The summed E-state index contributed by atoms with van der Waals surface area (Å²) in [5.41, 5.74) is 6.52. The predicted molar refractivity (Wildman–Crippen MR) is 150 cm³/mol. The minimum Gasteiger partial charge on any atom is -0.480 e. The number of nitrogens with two attached hydrogens (primary N) is 1. The third kappa shape index (κ3) is 10.4. The first-order valence-electron chi connectivity index (χ1n) is 13.1. The topological polar surface area (TPSA) is 248 Å². The van der Waals surface area contributed by atoms with Crippen LogP contribution in [0.4, 0.5) is 11.6 Å². The fraction of sp³-hybridized carbons (Fsp3) is 0.400. The molecule has 0 unspecified atom stereocenters. The van der Waals surface area contributed by atoms with Crippen LogP contribution in [0.5, 0.6) is 0 Å². The monoisotopic (exact) mass is 602 g/mol. The van der Waals surface area contributed by atoms with E-state index in [-0.39, 0.29) is 54.6 Å². The number of aliphatic carboxylic acids is 1. The molecule has 2 amide bonds. The van der Waals surface area contributed by atoms with Crippen LogP contribution in [0.2, 0.25) is 0 Å². The lowest BCUT2D eigenvalue weighted by Gasteiger charge is -2.15. The van der Waals surface area contributed by atoms with Gasteiger partial charge >= 0.3 is 13.9 Å². The van der Waals surface area contributed by atoms with Crippen molar-refractivity contribution in [2.45, 2.75) is 51.1 Å². The molecule has 0 radical (unpaired) electrons. The molecule has 0 aliphatic carbocycles. The van der Waals surface area contributed by atoms with Crippen molar-refractivity contribution in [2.24, 2.45) is 0 Å². The van der Waals surface area contributed by atoms with Crippen LogP contribution in [0.1, 0.15) is 54.6 Å². The molecule has 0 aliphatic rings. The van der Waals surface area contributed by atoms with Gasteiger partial charge in [-0.15, -0.1) is 0 Å². The predicted octanol–water partition coefficient (Wildman–Crippen LogP) is 1.65. The number of hydrogen-bond donors (Lipinski definition) is 6. The van der Waals surface area contributed by atoms with E-state index in [2.05, 4.69) is 40.4 Å². The van der Waals surface area contributed by atoms with Gasteiger partial charge in [-0.2, -0.15) is 4.98 Å². The molecule has 0 fully saturated rings. The van der Waals surface area contributed by atoms with Crippen molar-refractivity contribution >= 4 is 48.5 Å². The Morgan fingerprint density at radius 3 is 2.52 bits per heavy atom. The molecule has 0 saturated carbocycles. The number of carbonyl (C=O) groups is 3. The molecule has 3 aromatic rings. The number of nitrogen functional groups attached to an aromatic ring is 1. The highest BCUT2D eigenvalue weighted by Gasteiger charge is 2.21. The Balaban J connectivity index is 1.41. The van der Waals surface area contributed by atoms with Crippen molar-refractivity contribution in [3.05, 3.63) is 52.1 Å². The molecular weight excluding hydrogens is 571 g/mol. The molecule has 42 heavy (non-hydrogen) atoms. The van der Waals surface area contributed by atoms with Gasteiger partial charge in [-0.3, -0.25) is 23.9 Å². The normalized spacial score (nSPS) is 11.5. The average Bonchev–Trinajstić information content (AvgIpc) is 2.95. The van der Waals surface area contributed by atoms with Crippen LogP contribution >= 0.6 is 7.91 Å². The van der Waals surface area contributed by atoms with Gasteiger partial charge in [0.2, 0.25) is 11.9 Å². The molecule has 17 heteroatoms. The molecule has 0 aliphatic heterocycles. The Hall–Kier alpha value is -4.69. The second kappa shape index (κ2) is 15.9. The molecule has 0 spiro atoms. The Morgan fingerprint density at radius 2 is 1.81 bits per heavy atom. The van der Waals surface area contributed by atoms with E-state index in [0.29, 0.717) is 30.8 Å². The van der Waals surface area contributed by atoms with E-state index in [1.54, 1.807) is 12.1 Å². The Bertz CT molecular complexity index is 1520. The standard InChI is InChI=1S/C25H31N8O8P/c26-25-32-21-20(23(36)33-25)30-17(14-29-21)13-28-16-7-5-15(6-8-16)22(35)31-18(24(37)38)9-10-19(34)27-11-3-1-2-4-12-41-42(39)40/h5-8,14,18,28H,1-4,9-13H2,(H,27,34)(H,31,35)(H,37,38)(H3,26,29,32,33,36)/t18-/m0/s1. The summed E-state index contributed by atoms with van der Waals surface area (Å²) < 4.78 is 25.0. The third-order valence-electron chi connectivity index (χ3n) is 5.96. The second-order valence-electron chi connectivity index (χ2n) is 9.14. The fourth-order valence-electron chi connectivity index (χ4n) is 3.80. The zero-order chi connectivity index (χ0) is 30.5. The van der Waals surface area contributed by atoms with Crippen LogP contribution in [0.15, 0.2) is 35.3 Å². The van der Waals surface area contributed by atoms with E-state index < -0.39 is 31.4 Å². The van der Waals surface area contributed by atoms with Crippen molar-refractivity contribution in [1.82, 2.24) is 30.6 Å². The molecule has 3 rings (SSSR count). The molecule has 16 nitrogen and oxygen atoms in total. The average molecular weight is 603 g/mol. The lowest BCUT2D eigenvalue weighted by molar-refractivity contribution is -0.139. The van der Waals surface area contributed by atoms with Crippen molar-refractivity contribution in [3.63, 3.8) is 0 Å². The molecule has 0 saturated heterocycles. The van der Waals surface area contributed by atoms with Crippen LogP contribution in [-0.4, -0.2) is 62.0 Å². The number of anilines is 2. The molecule has 2 aromatic heterocycles. The number of rotatable bonds is 17. The fourth-order valence-corrected chi connectivity index (χ4v) is 4.08.